The Morgan fingerprint density at radius 3 is 1.47 bits per heavy atom. The van der Waals surface area contributed by atoms with E-state index in [1.807, 2.05) is 6.07 Å². The van der Waals surface area contributed by atoms with E-state index in [2.05, 4.69) is 158 Å². The van der Waals surface area contributed by atoms with Gasteiger partial charge in [-0.2, -0.15) is 0 Å². The number of hydrogen-bond acceptors (Lipinski definition) is 2. The summed E-state index contributed by atoms with van der Waals surface area (Å²) in [5.74, 6) is 3.51. The highest BCUT2D eigenvalue weighted by molar-refractivity contribution is 6.98. The normalized spacial score (nSPS) is 12.6. The maximum atomic E-state index is 6.93. The van der Waals surface area contributed by atoms with Crippen LogP contribution in [0.5, 0.6) is 23.0 Å². The van der Waals surface area contributed by atoms with Crippen LogP contribution in [0.4, 0.5) is 0 Å². The molecule has 0 aromatic heterocycles. The predicted molar refractivity (Wildman–Crippen MR) is 195 cm³/mol. The van der Waals surface area contributed by atoms with E-state index >= 15 is 0 Å². The van der Waals surface area contributed by atoms with Gasteiger partial charge < -0.3 is 9.47 Å². The summed E-state index contributed by atoms with van der Waals surface area (Å²) in [6.07, 6.45) is 0. The topological polar surface area (TPSA) is 18.5 Å². The van der Waals surface area contributed by atoms with Crippen molar-refractivity contribution in [2.45, 2.75) is 0 Å². The number of benzene rings is 8. The van der Waals surface area contributed by atoms with E-state index in [9.17, 15) is 0 Å². The van der Waals surface area contributed by atoms with Gasteiger partial charge in [0.25, 0.3) is 6.71 Å². The lowest BCUT2D eigenvalue weighted by Crippen LogP contribution is -2.57. The van der Waals surface area contributed by atoms with Crippen LogP contribution in [-0.4, -0.2) is 6.71 Å². The zero-order valence-corrected chi connectivity index (χ0v) is 25.5. The Morgan fingerprint density at radius 1 is 0.340 bits per heavy atom. The number of hydrogen-bond donors (Lipinski definition) is 0. The Bertz CT molecular complexity index is 2470. The number of para-hydroxylation sites is 2. The summed E-state index contributed by atoms with van der Waals surface area (Å²) in [6.45, 7) is 0.0180. The van der Waals surface area contributed by atoms with Gasteiger partial charge in [-0.15, -0.1) is 0 Å². The van der Waals surface area contributed by atoms with Crippen LogP contribution in [0.1, 0.15) is 0 Å². The molecule has 2 aliphatic rings. The van der Waals surface area contributed by atoms with E-state index in [1.54, 1.807) is 0 Å². The van der Waals surface area contributed by atoms with Crippen molar-refractivity contribution in [2.24, 2.45) is 0 Å². The molecule has 3 heteroatoms. The minimum absolute atomic E-state index is 0.0180. The van der Waals surface area contributed by atoms with E-state index in [1.165, 1.54) is 49.4 Å². The Hall–Kier alpha value is -6.06. The van der Waals surface area contributed by atoms with Crippen molar-refractivity contribution in [3.63, 3.8) is 0 Å². The summed E-state index contributed by atoms with van der Waals surface area (Å²) in [5.41, 5.74) is 10.6. The van der Waals surface area contributed by atoms with Crippen LogP contribution in [0.3, 0.4) is 0 Å². The van der Waals surface area contributed by atoms with E-state index in [0.717, 1.165) is 44.9 Å². The summed E-state index contributed by atoms with van der Waals surface area (Å²) in [4.78, 5) is 0. The van der Waals surface area contributed by atoms with Crippen LogP contribution in [0.2, 0.25) is 0 Å². The van der Waals surface area contributed by atoms with Crippen molar-refractivity contribution in [1.82, 2.24) is 0 Å². The first kappa shape index (κ1) is 26.2. The van der Waals surface area contributed by atoms with Crippen LogP contribution in [-0.2, 0) is 0 Å². The molecule has 0 radical (unpaired) electrons. The molecule has 0 aliphatic carbocycles. The Kier molecular flexibility index (Phi) is 5.70. The second-order valence-electron chi connectivity index (χ2n) is 12.3. The molecular weight excluding hydrogens is 571 g/mol. The molecule has 8 aromatic carbocycles. The summed E-state index contributed by atoms with van der Waals surface area (Å²) in [6, 6.07) is 58.3. The second kappa shape index (κ2) is 10.2. The average molecular weight is 599 g/mol. The van der Waals surface area contributed by atoms with Gasteiger partial charge in [-0.05, 0) is 79.0 Å². The summed E-state index contributed by atoms with van der Waals surface area (Å²) >= 11 is 0. The van der Waals surface area contributed by atoms with Crippen molar-refractivity contribution >= 4 is 44.6 Å². The molecule has 0 saturated carbocycles. The summed E-state index contributed by atoms with van der Waals surface area (Å²) < 4.78 is 13.5. The van der Waals surface area contributed by atoms with Crippen molar-refractivity contribution in [3.05, 3.63) is 164 Å². The minimum atomic E-state index is 0.0180. The third-order valence-corrected chi connectivity index (χ3v) is 9.82. The quantitative estimate of drug-likeness (QED) is 0.149. The van der Waals surface area contributed by atoms with Crippen LogP contribution in [0.15, 0.2) is 164 Å². The van der Waals surface area contributed by atoms with Crippen molar-refractivity contribution in [2.75, 3.05) is 0 Å². The van der Waals surface area contributed by atoms with Gasteiger partial charge in [-0.3, -0.25) is 0 Å². The lowest BCUT2D eigenvalue weighted by molar-refractivity contribution is 0.465. The molecule has 8 aromatic rings. The van der Waals surface area contributed by atoms with Gasteiger partial charge in [0, 0.05) is 16.6 Å². The Morgan fingerprint density at radius 2 is 0.830 bits per heavy atom. The van der Waals surface area contributed by atoms with Gasteiger partial charge >= 0.3 is 0 Å². The van der Waals surface area contributed by atoms with Crippen LogP contribution >= 0.6 is 0 Å². The molecule has 0 saturated heterocycles. The fourth-order valence-electron chi connectivity index (χ4n) is 7.86. The molecule has 0 amide bonds. The molecule has 2 aliphatic heterocycles. The molecule has 0 spiro atoms. The molecular formula is C44H27BO2. The maximum Gasteiger partial charge on any atom is 0.260 e. The highest BCUT2D eigenvalue weighted by Crippen LogP contribution is 2.49. The molecule has 0 N–H and O–H groups in total. The molecule has 10 rings (SSSR count). The third-order valence-electron chi connectivity index (χ3n) is 9.82. The monoisotopic (exact) mass is 598 g/mol. The average Bonchev–Trinajstić information content (AvgIpc) is 3.14. The molecule has 0 atom stereocenters. The molecule has 2 nitrogen and oxygen atoms in total. The first-order valence-electron chi connectivity index (χ1n) is 16.1. The van der Waals surface area contributed by atoms with Crippen molar-refractivity contribution < 1.29 is 9.47 Å². The Labute approximate surface area is 273 Å². The van der Waals surface area contributed by atoms with E-state index in [4.69, 9.17) is 9.47 Å². The first-order chi connectivity index (χ1) is 23.3. The highest BCUT2D eigenvalue weighted by Gasteiger charge is 2.41. The van der Waals surface area contributed by atoms with Crippen LogP contribution < -0.4 is 25.9 Å². The predicted octanol–water partition coefficient (Wildman–Crippen LogP) is 9.72. The maximum absolute atomic E-state index is 6.93. The Balaban J connectivity index is 1.30. The number of rotatable bonds is 3. The first-order valence-corrected chi connectivity index (χ1v) is 16.1. The number of ether oxygens (including phenoxy) is 2. The smallest absolute Gasteiger partial charge is 0.260 e. The van der Waals surface area contributed by atoms with Gasteiger partial charge in [0.05, 0.1) is 0 Å². The summed E-state index contributed by atoms with van der Waals surface area (Å²) in [7, 11) is 0. The van der Waals surface area contributed by atoms with E-state index in [-0.39, 0.29) is 6.71 Å². The lowest BCUT2D eigenvalue weighted by Gasteiger charge is -2.34. The molecule has 0 fully saturated rings. The fourth-order valence-corrected chi connectivity index (χ4v) is 7.86. The zero-order chi connectivity index (χ0) is 30.9. The number of fused-ring (bicyclic) bond motifs is 6. The summed E-state index contributed by atoms with van der Waals surface area (Å²) in [5, 5.41) is 4.81. The SMILES string of the molecule is c1ccc(-c2ccccc2-c2c3ccccc3c(-c3ccc4c5c3Oc3ccccc3B5c3ccccc3O4)c3ccccc23)cc1. The van der Waals surface area contributed by atoms with Crippen molar-refractivity contribution in [1.29, 1.82) is 0 Å². The van der Waals surface area contributed by atoms with Gasteiger partial charge in [0.1, 0.15) is 23.0 Å². The third kappa shape index (κ3) is 3.87. The molecule has 218 valence electrons. The molecule has 0 unspecified atom stereocenters. The van der Waals surface area contributed by atoms with Gasteiger partial charge in [0.15, 0.2) is 0 Å². The van der Waals surface area contributed by atoms with Crippen molar-refractivity contribution in [3.8, 4) is 56.4 Å². The largest absolute Gasteiger partial charge is 0.458 e. The van der Waals surface area contributed by atoms with Gasteiger partial charge in [0.2, 0.25) is 0 Å². The van der Waals surface area contributed by atoms with E-state index < -0.39 is 0 Å². The standard InChI is InChI=1S/C44H27BO2/c1-2-14-28(15-3-1)29-16-4-5-17-30(29)41-31-18-6-8-20-33(31)42(34-21-9-7-19-32(34)41)35-26-27-40-43-44(35)47-39-25-13-11-23-37(39)45(43)36-22-10-12-24-38(36)46-40/h1-27H. The molecule has 0 bridgehead atoms. The second-order valence-corrected chi connectivity index (χ2v) is 12.3. The van der Waals surface area contributed by atoms with Gasteiger partial charge in [-0.1, -0.05) is 140 Å². The highest BCUT2D eigenvalue weighted by atomic mass is 16.5. The van der Waals surface area contributed by atoms with Crippen LogP contribution in [0, 0.1) is 0 Å². The molecule has 47 heavy (non-hydrogen) atoms. The molecule has 2 heterocycles. The van der Waals surface area contributed by atoms with E-state index in [0.29, 0.717) is 0 Å². The van der Waals surface area contributed by atoms with Gasteiger partial charge in [-0.25, -0.2) is 0 Å². The zero-order valence-electron chi connectivity index (χ0n) is 25.5. The lowest BCUT2D eigenvalue weighted by atomic mass is 9.34. The van der Waals surface area contributed by atoms with Crippen LogP contribution in [0.25, 0.3) is 54.9 Å². The fraction of sp³-hybridized carbons (Fsp3) is 0. The minimum Gasteiger partial charge on any atom is -0.458 e.